The van der Waals surface area contributed by atoms with Crippen LogP contribution in [0.4, 0.5) is 8.78 Å². The molecule has 1 aliphatic heterocycles. The van der Waals surface area contributed by atoms with Crippen molar-refractivity contribution in [3.63, 3.8) is 0 Å². The number of carbonyl (C=O) groups excluding carboxylic acids is 1. The summed E-state index contributed by atoms with van der Waals surface area (Å²) < 4.78 is 26.4. The molecule has 0 aromatic heterocycles. The van der Waals surface area contributed by atoms with Crippen molar-refractivity contribution in [1.82, 2.24) is 4.90 Å². The summed E-state index contributed by atoms with van der Waals surface area (Å²) in [6, 6.07) is 6.51. The third kappa shape index (κ3) is 14.3. The van der Waals surface area contributed by atoms with E-state index in [-0.39, 0.29) is 11.5 Å². The molecule has 2 atom stereocenters. The summed E-state index contributed by atoms with van der Waals surface area (Å²) in [6.45, 7) is 17.3. The molecule has 0 N–H and O–H groups in total. The first kappa shape index (κ1) is 36.0. The van der Waals surface area contributed by atoms with Gasteiger partial charge in [0.15, 0.2) is 0 Å². The minimum absolute atomic E-state index is 0.0413. The first-order valence-corrected chi connectivity index (χ1v) is 15.2. The molecule has 0 spiro atoms. The average Bonchev–Trinajstić information content (AvgIpc) is 3.43. The van der Waals surface area contributed by atoms with Crippen molar-refractivity contribution < 1.29 is 13.6 Å². The summed E-state index contributed by atoms with van der Waals surface area (Å²) in [6.07, 6.45) is 19.6. The van der Waals surface area contributed by atoms with Crippen molar-refractivity contribution in [2.24, 2.45) is 11.8 Å². The topological polar surface area (TPSA) is 20.3 Å². The van der Waals surface area contributed by atoms with Gasteiger partial charge in [-0.3, -0.25) is 4.79 Å². The molecular weight excluding hydrogens is 476 g/mol. The van der Waals surface area contributed by atoms with Gasteiger partial charge in [-0.1, -0.05) is 110 Å². The zero-order valence-corrected chi connectivity index (χ0v) is 25.7. The number of halogens is 2. The van der Waals surface area contributed by atoms with Crippen molar-refractivity contribution in [1.29, 1.82) is 0 Å². The largest absolute Gasteiger partial charge is 0.345 e. The van der Waals surface area contributed by atoms with E-state index in [2.05, 4.69) is 52.8 Å². The van der Waals surface area contributed by atoms with Crippen LogP contribution in [-0.2, 0) is 10.7 Å². The second-order valence-electron chi connectivity index (χ2n) is 10.5. The predicted molar refractivity (Wildman–Crippen MR) is 162 cm³/mol. The van der Waals surface area contributed by atoms with Crippen LogP contribution in [0.1, 0.15) is 130 Å². The number of amides is 1. The smallest absolute Gasteiger partial charge is 0.270 e. The van der Waals surface area contributed by atoms with Crippen molar-refractivity contribution >= 4 is 6.41 Å². The summed E-state index contributed by atoms with van der Waals surface area (Å²) in [5, 5.41) is 0. The van der Waals surface area contributed by atoms with Crippen LogP contribution >= 0.6 is 0 Å². The van der Waals surface area contributed by atoms with Gasteiger partial charge in [0, 0.05) is 31.5 Å². The van der Waals surface area contributed by atoms with Gasteiger partial charge >= 0.3 is 0 Å². The molecule has 2 fully saturated rings. The van der Waals surface area contributed by atoms with Gasteiger partial charge in [-0.15, -0.1) is 0 Å². The van der Waals surface area contributed by atoms with Crippen LogP contribution in [0.3, 0.4) is 0 Å². The fourth-order valence-electron chi connectivity index (χ4n) is 5.01. The number of nitrogens with zero attached hydrogens (tertiary/aromatic N) is 1. The van der Waals surface area contributed by atoms with Gasteiger partial charge in [0.2, 0.25) is 6.41 Å². The van der Waals surface area contributed by atoms with Gasteiger partial charge in [0.05, 0.1) is 0 Å². The normalized spacial score (nSPS) is 18.9. The highest BCUT2D eigenvalue weighted by Crippen LogP contribution is 2.32. The fourth-order valence-corrected chi connectivity index (χ4v) is 5.01. The first-order chi connectivity index (χ1) is 18.2. The standard InChI is InChI=1S/C13H15F2NO.C12H20.C7H16.C2H6/c1-13(14,15)12-4-2-3-10(7-12)11-5-6-16(8-11)9-17;1-3-8-11(4-2)12-9-6-5-7-10-12;1-4-6-7(3)5-2;1-2/h2-4,7,9,11H,5-6,8H2,1H3;3-4,8,12H,5-7,9-10H2,1-2H3;7H,4-6H2,1-3H3;1-2H3/b;8-3-,11-4+;;. The molecule has 1 aromatic carbocycles. The molecule has 2 nitrogen and oxygen atoms in total. The van der Waals surface area contributed by atoms with E-state index in [4.69, 9.17) is 0 Å². The minimum atomic E-state index is -2.81. The average molecular weight is 534 g/mol. The minimum Gasteiger partial charge on any atom is -0.345 e. The Hall–Kier alpha value is -1.97. The lowest BCUT2D eigenvalue weighted by atomic mass is 9.83. The second kappa shape index (κ2) is 20.9. The molecule has 1 saturated heterocycles. The van der Waals surface area contributed by atoms with E-state index in [1.165, 1.54) is 57.4 Å². The van der Waals surface area contributed by atoms with Crippen LogP contribution < -0.4 is 0 Å². The van der Waals surface area contributed by atoms with E-state index >= 15 is 0 Å². The maximum Gasteiger partial charge on any atom is 0.270 e. The highest BCUT2D eigenvalue weighted by molar-refractivity contribution is 5.48. The number of alkyl halides is 2. The Morgan fingerprint density at radius 2 is 1.76 bits per heavy atom. The molecule has 218 valence electrons. The van der Waals surface area contributed by atoms with E-state index in [1.54, 1.807) is 22.6 Å². The molecule has 4 heteroatoms. The molecule has 0 bridgehead atoms. The maximum absolute atomic E-state index is 13.2. The Kier molecular flexibility index (Phi) is 19.8. The number of hydrogen-bond donors (Lipinski definition) is 0. The van der Waals surface area contributed by atoms with Gasteiger partial charge < -0.3 is 4.90 Å². The summed E-state index contributed by atoms with van der Waals surface area (Å²) in [5.41, 5.74) is 2.49. The van der Waals surface area contributed by atoms with Gasteiger partial charge in [0.1, 0.15) is 0 Å². The monoisotopic (exact) mass is 533 g/mol. The molecule has 1 saturated carbocycles. The van der Waals surface area contributed by atoms with Crippen LogP contribution in [0, 0.1) is 11.8 Å². The van der Waals surface area contributed by atoms with E-state index in [1.807, 2.05) is 19.9 Å². The van der Waals surface area contributed by atoms with Crippen molar-refractivity contribution in [3.8, 4) is 0 Å². The molecule has 3 rings (SSSR count). The van der Waals surface area contributed by atoms with Crippen molar-refractivity contribution in [3.05, 3.63) is 59.2 Å². The fraction of sp³-hybridized carbons (Fsp3) is 0.676. The Balaban J connectivity index is 0.000000570. The lowest BCUT2D eigenvalue weighted by molar-refractivity contribution is -0.117. The predicted octanol–water partition coefficient (Wildman–Crippen LogP) is 10.7. The SMILES string of the molecule is C/C=C\C(=C/C)C1CCCCC1.CC.CC(F)(F)c1cccc(C2CCN(C=O)C2)c1.CCCC(C)CC. The Labute approximate surface area is 234 Å². The maximum atomic E-state index is 13.2. The quantitative estimate of drug-likeness (QED) is 0.240. The highest BCUT2D eigenvalue weighted by atomic mass is 19.3. The molecule has 2 unspecified atom stereocenters. The zero-order chi connectivity index (χ0) is 29.0. The number of allylic oxidation sites excluding steroid dienone is 4. The molecular formula is C34H57F2NO. The van der Waals surface area contributed by atoms with Gasteiger partial charge in [-0.05, 0) is 62.1 Å². The Bertz CT molecular complexity index is 790. The van der Waals surface area contributed by atoms with Gasteiger partial charge in [0.25, 0.3) is 5.92 Å². The van der Waals surface area contributed by atoms with Gasteiger partial charge in [-0.2, -0.15) is 0 Å². The van der Waals surface area contributed by atoms with Crippen LogP contribution in [-0.4, -0.2) is 24.4 Å². The molecule has 1 aliphatic carbocycles. The van der Waals surface area contributed by atoms with Crippen LogP contribution in [0.15, 0.2) is 48.1 Å². The molecule has 1 aromatic rings. The number of rotatable bonds is 8. The number of hydrogen-bond acceptors (Lipinski definition) is 1. The highest BCUT2D eigenvalue weighted by Gasteiger charge is 2.27. The molecule has 38 heavy (non-hydrogen) atoms. The Morgan fingerprint density at radius 1 is 1.11 bits per heavy atom. The van der Waals surface area contributed by atoms with E-state index in [0.29, 0.717) is 13.1 Å². The summed E-state index contributed by atoms with van der Waals surface area (Å²) in [7, 11) is 0. The number of benzene rings is 1. The van der Waals surface area contributed by atoms with E-state index < -0.39 is 5.92 Å². The summed E-state index contributed by atoms with van der Waals surface area (Å²) >= 11 is 0. The molecule has 1 heterocycles. The van der Waals surface area contributed by atoms with Crippen molar-refractivity contribution in [2.45, 2.75) is 125 Å². The lowest BCUT2D eigenvalue weighted by Crippen LogP contribution is -2.17. The molecule has 1 amide bonds. The third-order valence-corrected chi connectivity index (χ3v) is 7.48. The molecule has 2 aliphatic rings. The van der Waals surface area contributed by atoms with Crippen LogP contribution in [0.25, 0.3) is 0 Å². The van der Waals surface area contributed by atoms with Gasteiger partial charge in [-0.25, -0.2) is 8.78 Å². The van der Waals surface area contributed by atoms with Crippen LogP contribution in [0.5, 0.6) is 0 Å². The molecule has 0 radical (unpaired) electrons. The summed E-state index contributed by atoms with van der Waals surface area (Å²) in [4.78, 5) is 12.3. The Morgan fingerprint density at radius 3 is 2.21 bits per heavy atom. The second-order valence-corrected chi connectivity index (χ2v) is 10.5. The number of carbonyl (C=O) groups is 1. The van der Waals surface area contributed by atoms with Crippen molar-refractivity contribution in [2.75, 3.05) is 13.1 Å². The number of likely N-dealkylation sites (tertiary alicyclic amines) is 1. The first-order valence-electron chi connectivity index (χ1n) is 15.2. The van der Waals surface area contributed by atoms with Crippen LogP contribution in [0.2, 0.25) is 0 Å². The lowest BCUT2D eigenvalue weighted by Gasteiger charge is -2.22. The summed E-state index contributed by atoms with van der Waals surface area (Å²) in [5.74, 6) is -0.814. The van der Waals surface area contributed by atoms with E-state index in [9.17, 15) is 13.6 Å². The zero-order valence-electron chi connectivity index (χ0n) is 25.7. The third-order valence-electron chi connectivity index (χ3n) is 7.48. The van der Waals surface area contributed by atoms with E-state index in [0.717, 1.165) is 37.2 Å².